The fourth-order valence-electron chi connectivity index (χ4n) is 0.911. The van der Waals surface area contributed by atoms with Gasteiger partial charge in [0.1, 0.15) is 6.07 Å². The molecule has 0 aliphatic rings. The Morgan fingerprint density at radius 2 is 2.07 bits per heavy atom. The molecule has 0 saturated carbocycles. The number of hydrogen-bond acceptors (Lipinski definition) is 3. The molecule has 14 heavy (non-hydrogen) atoms. The van der Waals surface area contributed by atoms with Crippen molar-refractivity contribution in [3.8, 4) is 6.07 Å². The van der Waals surface area contributed by atoms with E-state index in [2.05, 4.69) is 4.74 Å². The van der Waals surface area contributed by atoms with Crippen LogP contribution in [0.4, 0.5) is 0 Å². The number of halogens is 1. The molecule has 0 saturated heterocycles. The number of esters is 1. The number of rotatable bonds is 3. The molecule has 0 bridgehead atoms. The average Bonchev–Trinajstić information content (AvgIpc) is 2.26. The van der Waals surface area contributed by atoms with E-state index in [9.17, 15) is 4.79 Å². The second kappa shape index (κ2) is 5.25. The summed E-state index contributed by atoms with van der Waals surface area (Å²) in [7, 11) is 0. The van der Waals surface area contributed by atoms with Crippen molar-refractivity contribution in [2.45, 2.75) is 5.88 Å². The summed E-state index contributed by atoms with van der Waals surface area (Å²) in [6, 6.07) is 8.46. The van der Waals surface area contributed by atoms with Crippen LogP contribution in [-0.4, -0.2) is 12.6 Å². The van der Waals surface area contributed by atoms with E-state index in [1.807, 2.05) is 0 Å². The van der Waals surface area contributed by atoms with Gasteiger partial charge < -0.3 is 4.74 Å². The highest BCUT2D eigenvalue weighted by atomic mass is 35.5. The molecule has 1 aromatic carbocycles. The third kappa shape index (κ3) is 2.75. The molecule has 1 aromatic rings. The number of hydrogen-bond donors (Lipinski definition) is 0. The zero-order chi connectivity index (χ0) is 10.4. The van der Waals surface area contributed by atoms with Crippen LogP contribution in [-0.2, 0) is 10.6 Å². The van der Waals surface area contributed by atoms with Gasteiger partial charge in [0.2, 0.25) is 0 Å². The van der Waals surface area contributed by atoms with E-state index >= 15 is 0 Å². The topological polar surface area (TPSA) is 50.1 Å². The Balaban J connectivity index is 2.67. The molecule has 0 amide bonds. The molecular formula is C10H8ClNO2. The Bertz CT molecular complexity index is 353. The Morgan fingerprint density at radius 1 is 1.43 bits per heavy atom. The van der Waals surface area contributed by atoms with Crippen LogP contribution in [0.5, 0.6) is 0 Å². The number of carbonyl (C=O) groups excluding carboxylic acids is 1. The first kappa shape index (κ1) is 10.6. The highest BCUT2D eigenvalue weighted by Gasteiger charge is 2.05. The van der Waals surface area contributed by atoms with Crippen molar-refractivity contribution in [2.75, 3.05) is 6.61 Å². The number of alkyl halides is 1. The maximum atomic E-state index is 11.2. The van der Waals surface area contributed by atoms with Crippen molar-refractivity contribution >= 4 is 17.6 Å². The van der Waals surface area contributed by atoms with Gasteiger partial charge in [0.15, 0.2) is 6.61 Å². The molecule has 0 aliphatic carbocycles. The van der Waals surface area contributed by atoms with E-state index in [-0.39, 0.29) is 6.61 Å². The summed E-state index contributed by atoms with van der Waals surface area (Å²) in [5.74, 6) is -0.0827. The maximum absolute atomic E-state index is 11.2. The summed E-state index contributed by atoms with van der Waals surface area (Å²) < 4.78 is 4.62. The molecule has 0 fully saturated rings. The predicted octanol–water partition coefficient (Wildman–Crippen LogP) is 2.11. The monoisotopic (exact) mass is 209 g/mol. The van der Waals surface area contributed by atoms with Crippen LogP contribution in [0.3, 0.4) is 0 Å². The van der Waals surface area contributed by atoms with Crippen molar-refractivity contribution in [3.63, 3.8) is 0 Å². The first-order valence-electron chi connectivity index (χ1n) is 3.97. The van der Waals surface area contributed by atoms with Gasteiger partial charge in [-0.05, 0) is 17.7 Å². The minimum atomic E-state index is -0.493. The zero-order valence-corrected chi connectivity index (χ0v) is 8.12. The number of ether oxygens (including phenoxy) is 1. The van der Waals surface area contributed by atoms with E-state index in [1.165, 1.54) is 0 Å². The summed E-state index contributed by atoms with van der Waals surface area (Å²) in [6.45, 7) is -0.226. The molecule has 0 radical (unpaired) electrons. The van der Waals surface area contributed by atoms with Crippen molar-refractivity contribution < 1.29 is 9.53 Å². The van der Waals surface area contributed by atoms with Crippen molar-refractivity contribution in [1.29, 1.82) is 5.26 Å². The molecule has 0 N–H and O–H groups in total. The fourth-order valence-corrected chi connectivity index (χ4v) is 1.09. The van der Waals surface area contributed by atoms with E-state index in [1.54, 1.807) is 30.3 Å². The van der Waals surface area contributed by atoms with Crippen LogP contribution in [0.15, 0.2) is 24.3 Å². The number of benzene rings is 1. The summed E-state index contributed by atoms with van der Waals surface area (Å²) in [6.07, 6.45) is 0. The third-order valence-electron chi connectivity index (χ3n) is 1.61. The quantitative estimate of drug-likeness (QED) is 0.566. The van der Waals surface area contributed by atoms with Crippen LogP contribution >= 0.6 is 11.6 Å². The number of nitriles is 1. The molecule has 0 aliphatic heterocycles. The van der Waals surface area contributed by atoms with Crippen LogP contribution in [0, 0.1) is 11.3 Å². The minimum Gasteiger partial charge on any atom is -0.447 e. The predicted molar refractivity (Wildman–Crippen MR) is 51.9 cm³/mol. The highest BCUT2D eigenvalue weighted by Crippen LogP contribution is 2.07. The average molecular weight is 210 g/mol. The first-order valence-corrected chi connectivity index (χ1v) is 4.50. The van der Waals surface area contributed by atoms with E-state index < -0.39 is 5.97 Å². The molecular weight excluding hydrogens is 202 g/mol. The minimum absolute atomic E-state index is 0.226. The van der Waals surface area contributed by atoms with Gasteiger partial charge in [0.25, 0.3) is 0 Å². The van der Waals surface area contributed by atoms with Crippen LogP contribution < -0.4 is 0 Å². The number of nitrogens with zero attached hydrogens (tertiary/aromatic N) is 1. The van der Waals surface area contributed by atoms with Gasteiger partial charge in [-0.1, -0.05) is 12.1 Å². The highest BCUT2D eigenvalue weighted by molar-refractivity contribution is 6.17. The number of carbonyl (C=O) groups is 1. The molecule has 1 rings (SSSR count). The Labute approximate surface area is 86.9 Å². The van der Waals surface area contributed by atoms with Crippen molar-refractivity contribution in [3.05, 3.63) is 35.4 Å². The second-order valence-electron chi connectivity index (χ2n) is 2.56. The Kier molecular flexibility index (Phi) is 3.96. The summed E-state index contributed by atoms with van der Waals surface area (Å²) >= 11 is 5.58. The fraction of sp³-hybridized carbons (Fsp3) is 0.200. The van der Waals surface area contributed by atoms with E-state index in [4.69, 9.17) is 16.9 Å². The first-order chi connectivity index (χ1) is 6.77. The third-order valence-corrected chi connectivity index (χ3v) is 1.92. The van der Waals surface area contributed by atoms with Crippen LogP contribution in [0.25, 0.3) is 0 Å². The Morgan fingerprint density at radius 3 is 2.57 bits per heavy atom. The molecule has 72 valence electrons. The summed E-state index contributed by atoms with van der Waals surface area (Å²) in [5.41, 5.74) is 1.36. The molecule has 0 aromatic heterocycles. The SMILES string of the molecule is N#CCOC(=O)c1ccc(CCl)cc1. The smallest absolute Gasteiger partial charge is 0.339 e. The van der Waals surface area contributed by atoms with Gasteiger partial charge in [0, 0.05) is 5.88 Å². The van der Waals surface area contributed by atoms with Crippen LogP contribution in [0.1, 0.15) is 15.9 Å². The van der Waals surface area contributed by atoms with Gasteiger partial charge in [-0.25, -0.2) is 4.79 Å². The second-order valence-corrected chi connectivity index (χ2v) is 2.83. The molecule has 0 unspecified atom stereocenters. The largest absolute Gasteiger partial charge is 0.447 e. The van der Waals surface area contributed by atoms with Crippen LogP contribution in [0.2, 0.25) is 0 Å². The molecule has 4 heteroatoms. The lowest BCUT2D eigenvalue weighted by atomic mass is 10.1. The van der Waals surface area contributed by atoms with Gasteiger partial charge in [0.05, 0.1) is 5.56 Å². The summed E-state index contributed by atoms with van der Waals surface area (Å²) in [4.78, 5) is 11.2. The standard InChI is InChI=1S/C10H8ClNO2/c11-7-8-1-3-9(4-2-8)10(13)14-6-5-12/h1-4H,6-7H2. The van der Waals surface area contributed by atoms with Gasteiger partial charge in [-0.3, -0.25) is 0 Å². The van der Waals surface area contributed by atoms with Gasteiger partial charge in [-0.2, -0.15) is 5.26 Å². The van der Waals surface area contributed by atoms with Crippen molar-refractivity contribution in [1.82, 2.24) is 0 Å². The van der Waals surface area contributed by atoms with E-state index in [0.717, 1.165) is 5.56 Å². The molecule has 0 atom stereocenters. The molecule has 0 heterocycles. The van der Waals surface area contributed by atoms with Crippen molar-refractivity contribution in [2.24, 2.45) is 0 Å². The molecule has 0 spiro atoms. The van der Waals surface area contributed by atoms with Gasteiger partial charge >= 0.3 is 5.97 Å². The molecule has 3 nitrogen and oxygen atoms in total. The Hall–Kier alpha value is -1.53. The maximum Gasteiger partial charge on any atom is 0.339 e. The normalized spacial score (nSPS) is 9.14. The summed E-state index contributed by atoms with van der Waals surface area (Å²) in [5, 5.41) is 8.20. The lowest BCUT2D eigenvalue weighted by Crippen LogP contribution is -2.04. The lowest BCUT2D eigenvalue weighted by molar-refractivity contribution is 0.0555. The van der Waals surface area contributed by atoms with Gasteiger partial charge in [-0.15, -0.1) is 11.6 Å². The van der Waals surface area contributed by atoms with E-state index in [0.29, 0.717) is 11.4 Å². The lowest BCUT2D eigenvalue weighted by Gasteiger charge is -2.00. The zero-order valence-electron chi connectivity index (χ0n) is 7.37.